The first-order chi connectivity index (χ1) is 6.96. The van der Waals surface area contributed by atoms with Gasteiger partial charge >= 0.3 is 0 Å². The minimum absolute atomic E-state index is 0.0669. The second kappa shape index (κ2) is 3.78. The number of halogens is 1. The predicted molar refractivity (Wildman–Crippen MR) is 67.3 cm³/mol. The maximum atomic E-state index is 4.53. The molecule has 0 amide bonds. The Balaban J connectivity index is 2.30. The molecule has 0 spiro atoms. The summed E-state index contributed by atoms with van der Waals surface area (Å²) < 4.78 is 0.902. The molecule has 1 aliphatic carbocycles. The Bertz CT molecular complexity index is 364. The molecule has 1 heterocycles. The van der Waals surface area contributed by atoms with Gasteiger partial charge < -0.3 is 5.32 Å². The van der Waals surface area contributed by atoms with Gasteiger partial charge in [-0.1, -0.05) is 6.07 Å². The van der Waals surface area contributed by atoms with Gasteiger partial charge in [-0.3, -0.25) is 0 Å². The van der Waals surface area contributed by atoms with Crippen LogP contribution in [0.25, 0.3) is 0 Å². The Morgan fingerprint density at radius 2 is 2.00 bits per heavy atom. The van der Waals surface area contributed by atoms with Gasteiger partial charge in [-0.25, -0.2) is 4.98 Å². The SMILES string of the molecule is CC(C)(C)Nc1nc(Br)ccc1C1CC1. The number of rotatable bonds is 2. The molecule has 0 saturated heterocycles. The zero-order valence-electron chi connectivity index (χ0n) is 9.47. The number of hydrogen-bond donors (Lipinski definition) is 1. The van der Waals surface area contributed by atoms with Crippen LogP contribution in [0.4, 0.5) is 5.82 Å². The van der Waals surface area contributed by atoms with Crippen molar-refractivity contribution in [2.24, 2.45) is 0 Å². The maximum Gasteiger partial charge on any atom is 0.131 e. The lowest BCUT2D eigenvalue weighted by atomic mass is 10.1. The maximum absolute atomic E-state index is 4.53. The smallest absolute Gasteiger partial charge is 0.131 e. The summed E-state index contributed by atoms with van der Waals surface area (Å²) in [6.07, 6.45) is 2.62. The highest BCUT2D eigenvalue weighted by Gasteiger charge is 2.27. The Morgan fingerprint density at radius 1 is 1.33 bits per heavy atom. The number of nitrogens with one attached hydrogen (secondary N) is 1. The van der Waals surface area contributed by atoms with Gasteiger partial charge in [-0.2, -0.15) is 0 Å². The zero-order chi connectivity index (χ0) is 11.1. The highest BCUT2D eigenvalue weighted by molar-refractivity contribution is 9.10. The van der Waals surface area contributed by atoms with Gasteiger partial charge in [0.1, 0.15) is 10.4 Å². The van der Waals surface area contributed by atoms with E-state index < -0.39 is 0 Å². The number of nitrogens with zero attached hydrogens (tertiary/aromatic N) is 1. The number of pyridine rings is 1. The van der Waals surface area contributed by atoms with Crippen molar-refractivity contribution in [3.63, 3.8) is 0 Å². The van der Waals surface area contributed by atoms with E-state index >= 15 is 0 Å². The molecule has 1 saturated carbocycles. The normalized spacial score (nSPS) is 16.5. The first-order valence-electron chi connectivity index (χ1n) is 5.40. The van der Waals surface area contributed by atoms with Crippen molar-refractivity contribution in [1.29, 1.82) is 0 Å². The summed E-state index contributed by atoms with van der Waals surface area (Å²) >= 11 is 3.42. The van der Waals surface area contributed by atoms with E-state index in [0.717, 1.165) is 16.3 Å². The molecule has 0 aromatic carbocycles. The fourth-order valence-corrected chi connectivity index (χ4v) is 1.93. The summed E-state index contributed by atoms with van der Waals surface area (Å²) in [6.45, 7) is 6.48. The summed E-state index contributed by atoms with van der Waals surface area (Å²) in [6, 6.07) is 4.21. The fraction of sp³-hybridized carbons (Fsp3) is 0.583. The average Bonchev–Trinajstić information content (AvgIpc) is 2.84. The first kappa shape index (κ1) is 10.9. The van der Waals surface area contributed by atoms with Crippen LogP contribution >= 0.6 is 15.9 Å². The van der Waals surface area contributed by atoms with E-state index in [4.69, 9.17) is 0 Å². The van der Waals surface area contributed by atoms with E-state index in [2.05, 4.69) is 53.1 Å². The van der Waals surface area contributed by atoms with Crippen molar-refractivity contribution in [2.45, 2.75) is 45.1 Å². The number of anilines is 1. The third-order valence-electron chi connectivity index (χ3n) is 2.40. The molecule has 0 aliphatic heterocycles. The van der Waals surface area contributed by atoms with Crippen LogP contribution in [-0.2, 0) is 0 Å². The Labute approximate surface area is 99.6 Å². The van der Waals surface area contributed by atoms with Crippen molar-refractivity contribution >= 4 is 21.7 Å². The lowest BCUT2D eigenvalue weighted by Crippen LogP contribution is -2.27. The molecule has 1 fully saturated rings. The lowest BCUT2D eigenvalue weighted by Gasteiger charge is -2.23. The summed E-state index contributed by atoms with van der Waals surface area (Å²) in [4.78, 5) is 4.53. The Morgan fingerprint density at radius 3 is 2.53 bits per heavy atom. The third kappa shape index (κ3) is 2.94. The molecule has 82 valence electrons. The zero-order valence-corrected chi connectivity index (χ0v) is 11.1. The van der Waals surface area contributed by atoms with E-state index in [1.807, 2.05) is 6.07 Å². The van der Waals surface area contributed by atoms with Crippen LogP contribution in [0.3, 0.4) is 0 Å². The minimum Gasteiger partial charge on any atom is -0.365 e. The van der Waals surface area contributed by atoms with Gasteiger partial charge in [0.2, 0.25) is 0 Å². The highest BCUT2D eigenvalue weighted by Crippen LogP contribution is 2.43. The number of hydrogen-bond acceptors (Lipinski definition) is 2. The second-order valence-corrected chi connectivity index (χ2v) is 6.03. The van der Waals surface area contributed by atoms with Crippen molar-refractivity contribution in [1.82, 2.24) is 4.98 Å². The molecule has 0 radical (unpaired) electrons. The molecule has 3 heteroatoms. The van der Waals surface area contributed by atoms with Crippen LogP contribution < -0.4 is 5.32 Å². The minimum atomic E-state index is 0.0669. The van der Waals surface area contributed by atoms with Crippen LogP contribution in [0.5, 0.6) is 0 Å². The molecule has 15 heavy (non-hydrogen) atoms. The van der Waals surface area contributed by atoms with Gasteiger partial charge in [0, 0.05) is 5.54 Å². The largest absolute Gasteiger partial charge is 0.365 e. The molecule has 1 aromatic heterocycles. The van der Waals surface area contributed by atoms with Gasteiger partial charge in [-0.15, -0.1) is 0 Å². The summed E-state index contributed by atoms with van der Waals surface area (Å²) in [5.74, 6) is 1.77. The van der Waals surface area contributed by atoms with Crippen LogP contribution in [-0.4, -0.2) is 10.5 Å². The number of aromatic nitrogens is 1. The summed E-state index contributed by atoms with van der Waals surface area (Å²) in [7, 11) is 0. The summed E-state index contributed by atoms with van der Waals surface area (Å²) in [5.41, 5.74) is 1.44. The molecular weight excluding hydrogens is 252 g/mol. The fourth-order valence-electron chi connectivity index (χ4n) is 1.63. The summed E-state index contributed by atoms with van der Waals surface area (Å²) in [5, 5.41) is 3.47. The molecule has 0 unspecified atom stereocenters. The van der Waals surface area contributed by atoms with Crippen LogP contribution in [0, 0.1) is 0 Å². The van der Waals surface area contributed by atoms with Crippen LogP contribution in [0.1, 0.15) is 45.1 Å². The van der Waals surface area contributed by atoms with Gasteiger partial charge in [-0.05, 0) is 67.1 Å². The van der Waals surface area contributed by atoms with Crippen molar-refractivity contribution < 1.29 is 0 Å². The van der Waals surface area contributed by atoms with Crippen molar-refractivity contribution in [2.75, 3.05) is 5.32 Å². The molecule has 2 rings (SSSR count). The molecule has 0 atom stereocenters. The van der Waals surface area contributed by atoms with Crippen molar-refractivity contribution in [3.05, 3.63) is 22.3 Å². The second-order valence-electron chi connectivity index (χ2n) is 5.22. The average molecular weight is 269 g/mol. The van der Waals surface area contributed by atoms with Crippen LogP contribution in [0.2, 0.25) is 0 Å². The van der Waals surface area contributed by atoms with Gasteiger partial charge in [0.05, 0.1) is 0 Å². The monoisotopic (exact) mass is 268 g/mol. The van der Waals surface area contributed by atoms with E-state index in [1.54, 1.807) is 0 Å². The quantitative estimate of drug-likeness (QED) is 0.823. The molecule has 2 nitrogen and oxygen atoms in total. The molecular formula is C12H17BrN2. The van der Waals surface area contributed by atoms with E-state index in [0.29, 0.717) is 0 Å². The molecule has 1 aromatic rings. The van der Waals surface area contributed by atoms with Crippen LogP contribution in [0.15, 0.2) is 16.7 Å². The standard InChI is InChI=1S/C12H17BrN2/c1-12(2,3)15-11-9(8-4-5-8)6-7-10(13)14-11/h6-8H,4-5H2,1-3H3,(H,14,15). The van der Waals surface area contributed by atoms with Gasteiger partial charge in [0.25, 0.3) is 0 Å². The highest BCUT2D eigenvalue weighted by atomic mass is 79.9. The molecule has 0 bridgehead atoms. The van der Waals surface area contributed by atoms with Gasteiger partial charge in [0.15, 0.2) is 0 Å². The lowest BCUT2D eigenvalue weighted by molar-refractivity contribution is 0.628. The topological polar surface area (TPSA) is 24.9 Å². The first-order valence-corrected chi connectivity index (χ1v) is 6.20. The predicted octanol–water partition coefficient (Wildman–Crippen LogP) is 3.93. The Kier molecular flexibility index (Phi) is 2.75. The third-order valence-corrected chi connectivity index (χ3v) is 2.84. The van der Waals surface area contributed by atoms with E-state index in [-0.39, 0.29) is 5.54 Å². The Hall–Kier alpha value is -0.570. The van der Waals surface area contributed by atoms with E-state index in [1.165, 1.54) is 18.4 Å². The molecule has 1 N–H and O–H groups in total. The molecule has 1 aliphatic rings. The van der Waals surface area contributed by atoms with Crippen molar-refractivity contribution in [3.8, 4) is 0 Å². The van der Waals surface area contributed by atoms with E-state index in [9.17, 15) is 0 Å².